The number of carbonyl (C=O) groups is 4. The Hall–Kier alpha value is -13.4. The fourth-order valence-electron chi connectivity index (χ4n) is 19.0. The van der Waals surface area contributed by atoms with E-state index in [1.165, 1.54) is 0 Å². The summed E-state index contributed by atoms with van der Waals surface area (Å²) in [4.78, 5) is 118. The molecule has 4 amide bonds. The van der Waals surface area contributed by atoms with Gasteiger partial charge in [0.2, 0.25) is 0 Å². The standard InChI is InChI=1S/C24H26N4O2.3C23H23FN6O/c1-14-8-9-22(25-12-14)26-20-10-17-11-21(20)28(13-17)24(29)19-7-5-4-6-18(19)23-15(2)27-30-16(23)3;1-13-3-6-20(25-9-13)29-18-7-15-8-19(18)30(12-15)23(31)17-5-4-14(2)28-21(17)22-26-10-16(24)11-27-22;1-13-3-6-20(25-9-13)29-18-7-15-8-19(18)30(12-15)23(31)21-17(5-4-14(2)28-21)22-26-10-16(24)11-27-22;1-13-3-4-20(25-8-13)29-18-6-15-7-19(18)30(12-15)23(31)21-17(5-14(2)9-26-21)22-27-10-16(24)11-28-22/h4-9,12,17,20-21H,10-11,13H2,1-3H3,(H,25,26);2*3-6,9-11,15,18-19H,7-8,12H2,1-2H3,(H,25,29);3-5,8-11,15,18-19H,6-7,12H2,1-2H3,(H,25,29). The number of aryl methyl sites for hydroxylation is 9. The van der Waals surface area contributed by atoms with Gasteiger partial charge >= 0.3 is 0 Å². The van der Waals surface area contributed by atoms with Crippen molar-refractivity contribution in [1.29, 1.82) is 0 Å². The maximum absolute atomic E-state index is 13.6. The first-order chi connectivity index (χ1) is 59.4. The van der Waals surface area contributed by atoms with Gasteiger partial charge in [0, 0.05) is 104 Å². The van der Waals surface area contributed by atoms with Gasteiger partial charge in [-0.1, -0.05) is 47.6 Å². The van der Waals surface area contributed by atoms with E-state index in [1.807, 2.05) is 181 Å². The molecule has 27 nitrogen and oxygen atoms in total. The van der Waals surface area contributed by atoms with E-state index in [0.29, 0.717) is 87.7 Å². The molecule has 8 bridgehead atoms. The monoisotopic (exact) mass is 1660 g/mol. The Morgan fingerprint density at radius 1 is 0.350 bits per heavy atom. The molecule has 15 heterocycles. The fourth-order valence-corrected chi connectivity index (χ4v) is 19.0. The Morgan fingerprint density at radius 3 is 1.13 bits per heavy atom. The van der Waals surface area contributed by atoms with E-state index in [1.54, 1.807) is 24.4 Å². The summed E-state index contributed by atoms with van der Waals surface area (Å²) < 4.78 is 45.3. The van der Waals surface area contributed by atoms with Crippen LogP contribution in [0.2, 0.25) is 0 Å². The zero-order chi connectivity index (χ0) is 85.4. The Morgan fingerprint density at radius 2 is 0.724 bits per heavy atom. The Bertz CT molecular complexity index is 5680. The van der Waals surface area contributed by atoms with Crippen LogP contribution >= 0.6 is 0 Å². The van der Waals surface area contributed by atoms with E-state index in [2.05, 4.69) is 102 Å². The van der Waals surface area contributed by atoms with Crippen molar-refractivity contribution in [2.24, 2.45) is 23.7 Å². The average molecular weight is 1660 g/mol. The molecule has 4 saturated heterocycles. The van der Waals surface area contributed by atoms with Crippen LogP contribution in [0.1, 0.15) is 144 Å². The number of hydrogen-bond acceptors (Lipinski definition) is 23. The highest BCUT2D eigenvalue weighted by Gasteiger charge is 2.52. The number of fused-ring (bicyclic) bond motifs is 8. The molecule has 123 heavy (non-hydrogen) atoms. The molecule has 4 aliphatic carbocycles. The van der Waals surface area contributed by atoms with Gasteiger partial charge in [0.15, 0.2) is 34.9 Å². The first-order valence-electron chi connectivity index (χ1n) is 41.8. The Balaban J connectivity index is 0.000000116. The van der Waals surface area contributed by atoms with E-state index in [0.717, 1.165) is 187 Å². The molecule has 12 unspecified atom stereocenters. The van der Waals surface area contributed by atoms with Gasteiger partial charge in [-0.15, -0.1) is 0 Å². The SMILES string of the molecule is Cc1ccc(NC2CC3CC2N(C(=O)c2ccc(C)nc2-c2ncc(F)cn2)C3)nc1.Cc1ccc(NC2CC3CC2N(C(=O)c2ccccc2-c2c(C)noc2C)C3)nc1.Cc1ccc(NC2CC3CC2N(C(=O)c2nc(C)ccc2-c2ncc(F)cn2)C3)nc1.Cc1ccc(NC2CC3CC2N(C(=O)c2ncc(C)cc2-c2ncc(F)cn2)C3)nc1. The van der Waals surface area contributed by atoms with Crippen LogP contribution in [0.5, 0.6) is 0 Å². The molecule has 30 heteroatoms. The minimum atomic E-state index is -0.528. The molecule has 4 saturated carbocycles. The summed E-state index contributed by atoms with van der Waals surface area (Å²) in [5.74, 6) is 4.97. The van der Waals surface area contributed by atoms with Crippen molar-refractivity contribution < 1.29 is 36.9 Å². The predicted molar refractivity (Wildman–Crippen MR) is 457 cm³/mol. The third-order valence-corrected chi connectivity index (χ3v) is 24.7. The van der Waals surface area contributed by atoms with Gasteiger partial charge in [0.25, 0.3) is 23.6 Å². The van der Waals surface area contributed by atoms with E-state index < -0.39 is 17.5 Å². The summed E-state index contributed by atoms with van der Waals surface area (Å²) in [7, 11) is 0. The number of carbonyl (C=O) groups excluding carboxylic acids is 4. The number of pyridine rings is 7. The molecular formula is C93H95F3N22O5. The van der Waals surface area contributed by atoms with E-state index in [4.69, 9.17) is 4.52 Å². The van der Waals surface area contributed by atoms with Crippen LogP contribution in [0, 0.1) is 103 Å². The van der Waals surface area contributed by atoms with Crippen LogP contribution in [0.3, 0.4) is 0 Å². The number of aromatic nitrogens is 14. The highest BCUT2D eigenvalue weighted by Crippen LogP contribution is 2.46. The smallest absolute Gasteiger partial charge is 0.273 e. The van der Waals surface area contributed by atoms with Gasteiger partial charge in [-0.05, 0) is 231 Å². The number of anilines is 4. The summed E-state index contributed by atoms with van der Waals surface area (Å²) in [5, 5.41) is 18.2. The normalized spacial score (nSPS) is 22.1. The quantitative estimate of drug-likeness (QED) is 0.0698. The van der Waals surface area contributed by atoms with Crippen LogP contribution in [0.25, 0.3) is 45.4 Å². The number of halogens is 3. The van der Waals surface area contributed by atoms with Crippen molar-refractivity contribution in [3.05, 3.63) is 262 Å². The summed E-state index contributed by atoms with van der Waals surface area (Å²) >= 11 is 0. The van der Waals surface area contributed by atoms with Crippen molar-refractivity contribution >= 4 is 46.9 Å². The molecular weight excluding hydrogens is 1560 g/mol. The number of nitrogens with one attached hydrogen (secondary N) is 4. The lowest BCUT2D eigenvalue weighted by Crippen LogP contribution is -2.48. The first kappa shape index (κ1) is 81.9. The molecule has 8 fully saturated rings. The maximum atomic E-state index is 13.6. The minimum Gasteiger partial charge on any atom is -0.365 e. The van der Waals surface area contributed by atoms with E-state index >= 15 is 0 Å². The topological polar surface area (TPSA) is 323 Å². The Kier molecular flexibility index (Phi) is 23.3. The van der Waals surface area contributed by atoms with E-state index in [-0.39, 0.29) is 77.8 Å². The van der Waals surface area contributed by atoms with Crippen molar-refractivity contribution in [2.75, 3.05) is 47.4 Å². The third kappa shape index (κ3) is 17.8. The van der Waals surface area contributed by atoms with Gasteiger partial charge in [-0.3, -0.25) is 24.2 Å². The minimum absolute atomic E-state index is 0.0740. The number of piperidine rings is 4. The summed E-state index contributed by atoms with van der Waals surface area (Å²) in [6.07, 6.45) is 23.7. The first-order valence-corrected chi connectivity index (χ1v) is 41.8. The van der Waals surface area contributed by atoms with Gasteiger partial charge in [0.05, 0.1) is 83.7 Å². The second kappa shape index (κ2) is 35.0. The second-order valence-corrected chi connectivity index (χ2v) is 33.9. The van der Waals surface area contributed by atoms with Gasteiger partial charge < -0.3 is 45.4 Å². The molecule has 20 rings (SSSR count). The molecule has 12 atom stereocenters. The van der Waals surface area contributed by atoms with Crippen molar-refractivity contribution in [2.45, 2.75) is 162 Å². The zero-order valence-corrected chi connectivity index (χ0v) is 69.8. The summed E-state index contributed by atoms with van der Waals surface area (Å²) in [6, 6.07) is 33.9. The summed E-state index contributed by atoms with van der Waals surface area (Å²) in [5.41, 5.74) is 12.6. The van der Waals surface area contributed by atoms with Gasteiger partial charge in [-0.2, -0.15) is 0 Å². The third-order valence-electron chi connectivity index (χ3n) is 24.7. The highest BCUT2D eigenvalue weighted by molar-refractivity contribution is 6.03. The molecule has 8 aliphatic rings. The molecule has 11 aromatic heterocycles. The molecule has 4 aliphatic heterocycles. The van der Waals surface area contributed by atoms with Gasteiger partial charge in [0.1, 0.15) is 46.1 Å². The summed E-state index contributed by atoms with van der Waals surface area (Å²) in [6.45, 7) is 20.4. The zero-order valence-electron chi connectivity index (χ0n) is 69.8. The van der Waals surface area contributed by atoms with Crippen LogP contribution in [-0.4, -0.2) is 188 Å². The van der Waals surface area contributed by atoms with Crippen LogP contribution < -0.4 is 21.3 Å². The van der Waals surface area contributed by atoms with Crippen molar-refractivity contribution in [3.8, 4) is 45.4 Å². The van der Waals surface area contributed by atoms with Crippen molar-refractivity contribution in [3.63, 3.8) is 0 Å². The number of rotatable bonds is 16. The van der Waals surface area contributed by atoms with Crippen LogP contribution in [0.15, 0.2) is 176 Å². The van der Waals surface area contributed by atoms with Crippen LogP contribution in [0.4, 0.5) is 36.4 Å². The average Bonchev–Trinajstić information content (AvgIpc) is 1.62. The number of amides is 4. The molecule has 0 spiro atoms. The predicted octanol–water partition coefficient (Wildman–Crippen LogP) is 14.6. The highest BCUT2D eigenvalue weighted by atomic mass is 19.1. The van der Waals surface area contributed by atoms with Crippen molar-refractivity contribution in [1.82, 2.24) is 89.5 Å². The number of nitrogens with zero attached hydrogens (tertiary/aromatic N) is 18. The van der Waals surface area contributed by atoms with Gasteiger partial charge in [-0.25, -0.2) is 73.0 Å². The molecule has 4 N–H and O–H groups in total. The van der Waals surface area contributed by atoms with E-state index in [9.17, 15) is 32.3 Å². The molecule has 628 valence electrons. The molecule has 1 aromatic carbocycles. The fraction of sp³-hybridized carbons (Fsp3) is 0.355. The number of hydrogen-bond donors (Lipinski definition) is 4. The molecule has 0 radical (unpaired) electrons. The lowest BCUT2D eigenvalue weighted by Gasteiger charge is -2.34. The maximum Gasteiger partial charge on any atom is 0.273 e. The largest absolute Gasteiger partial charge is 0.365 e. The second-order valence-electron chi connectivity index (χ2n) is 33.9. The lowest BCUT2D eigenvalue weighted by atomic mass is 9.96. The Labute approximate surface area is 710 Å². The number of likely N-dealkylation sites (tertiary alicyclic amines) is 4. The lowest BCUT2D eigenvalue weighted by molar-refractivity contribution is 0.0679. The number of benzene rings is 1. The molecule has 12 aromatic rings. The van der Waals surface area contributed by atoms with Crippen LogP contribution in [-0.2, 0) is 0 Å².